The van der Waals surface area contributed by atoms with E-state index in [9.17, 15) is 9.18 Å². The number of nitrogens with zero attached hydrogens (tertiary/aromatic N) is 2. The molecule has 2 heterocycles. The number of pyridine rings is 1. The number of aromatic nitrogens is 1. The van der Waals surface area contributed by atoms with Gasteiger partial charge in [0.1, 0.15) is 16.4 Å². The maximum Gasteiger partial charge on any atom is 0.194 e. The molecule has 40 heavy (non-hydrogen) atoms. The molecular weight excluding hydrogens is 540 g/mol. The topological polar surface area (TPSA) is 34.5 Å². The second-order valence-electron chi connectivity index (χ2n) is 9.82. The van der Waals surface area contributed by atoms with Gasteiger partial charge < -0.3 is 9.30 Å². The number of ether oxygens (including phenoxy) is 1. The minimum Gasteiger partial charge on any atom is -0.497 e. The Morgan fingerprint density at radius 1 is 0.950 bits per heavy atom. The van der Waals surface area contributed by atoms with Crippen molar-refractivity contribution in [2.45, 2.75) is 32.3 Å². The van der Waals surface area contributed by atoms with Gasteiger partial charge in [0, 0.05) is 41.0 Å². The van der Waals surface area contributed by atoms with Crippen molar-refractivity contribution < 1.29 is 9.13 Å². The van der Waals surface area contributed by atoms with Gasteiger partial charge >= 0.3 is 0 Å². The number of fused-ring (bicyclic) bond motifs is 1. The van der Waals surface area contributed by atoms with Crippen molar-refractivity contribution in [1.82, 2.24) is 9.47 Å². The van der Waals surface area contributed by atoms with Crippen LogP contribution in [0.4, 0.5) is 4.39 Å². The Balaban J connectivity index is 1.69. The molecule has 5 rings (SSSR count). The van der Waals surface area contributed by atoms with Crippen molar-refractivity contribution in [2.75, 3.05) is 19.9 Å². The lowest BCUT2D eigenvalue weighted by atomic mass is 10.0. The Bertz CT molecular complexity index is 1650. The Hall–Kier alpha value is -3.39. The van der Waals surface area contributed by atoms with Crippen LogP contribution >= 0.6 is 23.1 Å². The third kappa shape index (κ3) is 6.17. The number of hydrogen-bond donors (Lipinski definition) is 0. The van der Waals surface area contributed by atoms with E-state index in [2.05, 4.69) is 35.6 Å². The minimum absolute atomic E-state index is 0.0693. The highest BCUT2D eigenvalue weighted by molar-refractivity contribution is 7.98. The maximum absolute atomic E-state index is 14.8. The number of benzene rings is 3. The number of thiophene rings is 1. The largest absolute Gasteiger partial charge is 0.497 e. The summed E-state index contributed by atoms with van der Waals surface area (Å²) in [7, 11) is 3.74. The van der Waals surface area contributed by atoms with Crippen LogP contribution in [0.5, 0.6) is 5.75 Å². The summed E-state index contributed by atoms with van der Waals surface area (Å²) >= 11 is 3.33. The Morgan fingerprint density at radius 3 is 2.38 bits per heavy atom. The van der Waals surface area contributed by atoms with Crippen molar-refractivity contribution in [3.05, 3.63) is 123 Å². The van der Waals surface area contributed by atoms with Crippen LogP contribution in [0, 0.1) is 5.82 Å². The van der Waals surface area contributed by atoms with E-state index in [1.807, 2.05) is 60.8 Å². The van der Waals surface area contributed by atoms with Gasteiger partial charge in [0.25, 0.3) is 0 Å². The molecule has 0 aliphatic heterocycles. The van der Waals surface area contributed by atoms with E-state index < -0.39 is 0 Å². The zero-order valence-electron chi connectivity index (χ0n) is 23.0. The van der Waals surface area contributed by atoms with Gasteiger partial charge in [-0.15, -0.1) is 11.3 Å². The molecule has 0 aliphatic rings. The first-order chi connectivity index (χ1) is 19.5. The highest BCUT2D eigenvalue weighted by Crippen LogP contribution is 2.39. The first-order valence-corrected chi connectivity index (χ1v) is 15.3. The van der Waals surface area contributed by atoms with Gasteiger partial charge in [-0.1, -0.05) is 55.5 Å². The van der Waals surface area contributed by atoms with Crippen LogP contribution in [0.3, 0.4) is 0 Å². The maximum atomic E-state index is 14.8. The smallest absolute Gasteiger partial charge is 0.194 e. The zero-order valence-corrected chi connectivity index (χ0v) is 24.7. The molecule has 0 N–H and O–H groups in total. The van der Waals surface area contributed by atoms with Crippen LogP contribution in [-0.2, 0) is 25.4 Å². The molecule has 0 radical (unpaired) electrons. The molecule has 5 aromatic rings. The van der Waals surface area contributed by atoms with E-state index in [1.165, 1.54) is 11.6 Å². The lowest BCUT2D eigenvalue weighted by molar-refractivity contribution is 0.321. The lowest BCUT2D eigenvalue weighted by Crippen LogP contribution is -2.20. The molecule has 0 saturated heterocycles. The van der Waals surface area contributed by atoms with Crippen molar-refractivity contribution in [3.63, 3.8) is 0 Å². The van der Waals surface area contributed by atoms with E-state index in [-0.39, 0.29) is 11.2 Å². The van der Waals surface area contributed by atoms with E-state index in [1.54, 1.807) is 36.3 Å². The first-order valence-electron chi connectivity index (χ1n) is 13.3. The molecule has 7 heteroatoms. The summed E-state index contributed by atoms with van der Waals surface area (Å²) in [6.07, 6.45) is 1.94. The van der Waals surface area contributed by atoms with Gasteiger partial charge in [0.05, 0.1) is 19.0 Å². The van der Waals surface area contributed by atoms with E-state index in [0.717, 1.165) is 49.8 Å². The average molecular weight is 573 g/mol. The lowest BCUT2D eigenvalue weighted by Gasteiger charge is -2.18. The van der Waals surface area contributed by atoms with Crippen LogP contribution < -0.4 is 10.2 Å². The fraction of sp³-hybridized carbons (Fsp3) is 0.242. The van der Waals surface area contributed by atoms with Crippen molar-refractivity contribution in [2.24, 2.45) is 0 Å². The predicted octanol–water partition coefficient (Wildman–Crippen LogP) is 7.81. The van der Waals surface area contributed by atoms with Gasteiger partial charge in [0.2, 0.25) is 0 Å². The molecule has 0 spiro atoms. The summed E-state index contributed by atoms with van der Waals surface area (Å²) in [5.74, 6) is 2.08. The van der Waals surface area contributed by atoms with E-state index in [4.69, 9.17) is 4.74 Å². The fourth-order valence-electron chi connectivity index (χ4n) is 4.94. The first kappa shape index (κ1) is 28.1. The third-order valence-electron chi connectivity index (χ3n) is 6.92. The van der Waals surface area contributed by atoms with E-state index >= 15 is 0 Å². The molecule has 4 nitrogen and oxygen atoms in total. The Labute approximate surface area is 243 Å². The van der Waals surface area contributed by atoms with Crippen LogP contribution in [0.25, 0.3) is 20.7 Å². The SMILES string of the molecule is CCSCc1cn(Cc2ccccc2F)c2sc(-c3ccc(OC)cc3)c(CN(C)Cc3ccccc3)c2c1=O. The van der Waals surface area contributed by atoms with Crippen LogP contribution in [0.1, 0.15) is 29.2 Å². The Kier molecular flexibility index (Phi) is 9.04. The van der Waals surface area contributed by atoms with Gasteiger partial charge in [-0.3, -0.25) is 9.69 Å². The zero-order chi connectivity index (χ0) is 28.1. The molecule has 0 amide bonds. The summed E-state index contributed by atoms with van der Waals surface area (Å²) in [5, 5.41) is 0.737. The molecule has 0 saturated carbocycles. The third-order valence-corrected chi connectivity index (χ3v) is 9.16. The number of hydrogen-bond acceptors (Lipinski definition) is 5. The standard InChI is InChI=1S/C33H33FN2O2S2/c1-4-39-22-26-20-36(19-25-12-8-9-13-29(25)34)33-30(31(26)37)28(21-35(2)18-23-10-6-5-7-11-23)32(40-33)24-14-16-27(38-3)17-15-24/h5-17,20H,4,18-19,21-22H2,1-3H3. The molecule has 0 fully saturated rings. The fourth-order valence-corrected chi connectivity index (χ4v) is 6.86. The van der Waals surface area contributed by atoms with Crippen molar-refractivity contribution in [1.29, 1.82) is 0 Å². The van der Waals surface area contributed by atoms with Crippen LogP contribution in [0.2, 0.25) is 0 Å². The second kappa shape index (κ2) is 12.9. The predicted molar refractivity (Wildman–Crippen MR) is 167 cm³/mol. The van der Waals surface area contributed by atoms with Crippen molar-refractivity contribution >= 4 is 33.3 Å². The number of thioether (sulfide) groups is 1. The summed E-state index contributed by atoms with van der Waals surface area (Å²) in [4.78, 5) is 18.2. The van der Waals surface area contributed by atoms with Gasteiger partial charge in [-0.2, -0.15) is 11.8 Å². The molecule has 206 valence electrons. The Morgan fingerprint density at radius 2 is 1.68 bits per heavy atom. The van der Waals surface area contributed by atoms with E-state index in [0.29, 0.717) is 24.4 Å². The molecular formula is C33H33FN2O2S2. The number of methoxy groups -OCH3 is 1. The molecule has 0 unspecified atom stereocenters. The van der Waals surface area contributed by atoms with Gasteiger partial charge in [-0.25, -0.2) is 4.39 Å². The highest BCUT2D eigenvalue weighted by Gasteiger charge is 2.22. The minimum atomic E-state index is -0.242. The summed E-state index contributed by atoms with van der Waals surface area (Å²) in [6, 6.07) is 25.2. The number of halogens is 1. The summed E-state index contributed by atoms with van der Waals surface area (Å²) < 4.78 is 22.2. The molecule has 0 atom stereocenters. The van der Waals surface area contributed by atoms with Crippen LogP contribution in [0.15, 0.2) is 89.9 Å². The molecule has 2 aromatic heterocycles. The highest BCUT2D eigenvalue weighted by atomic mass is 32.2. The second-order valence-corrected chi connectivity index (χ2v) is 12.1. The van der Waals surface area contributed by atoms with Crippen molar-refractivity contribution in [3.8, 4) is 16.2 Å². The number of rotatable bonds is 11. The molecule has 0 bridgehead atoms. The van der Waals surface area contributed by atoms with Gasteiger partial charge in [-0.05, 0) is 59.8 Å². The molecule has 0 aliphatic carbocycles. The normalized spacial score (nSPS) is 11.4. The van der Waals surface area contributed by atoms with Gasteiger partial charge in [0.15, 0.2) is 5.43 Å². The summed E-state index contributed by atoms with van der Waals surface area (Å²) in [6.45, 7) is 3.82. The van der Waals surface area contributed by atoms with Crippen LogP contribution in [-0.4, -0.2) is 29.4 Å². The molecule has 3 aromatic carbocycles. The summed E-state index contributed by atoms with van der Waals surface area (Å²) in [5.41, 5.74) is 4.68. The quantitative estimate of drug-likeness (QED) is 0.162. The average Bonchev–Trinajstić information content (AvgIpc) is 3.35. The monoisotopic (exact) mass is 572 g/mol.